The lowest BCUT2D eigenvalue weighted by Crippen LogP contribution is -2.13. The van der Waals surface area contributed by atoms with Gasteiger partial charge < -0.3 is 10.6 Å². The third kappa shape index (κ3) is 5.03. The second kappa shape index (κ2) is 8.29. The molecule has 0 bridgehead atoms. The first-order valence-corrected chi connectivity index (χ1v) is 9.50. The topological polar surface area (TPSA) is 66.9 Å². The van der Waals surface area contributed by atoms with E-state index in [1.807, 2.05) is 49.6 Å². The number of halogens is 1. The van der Waals surface area contributed by atoms with Crippen molar-refractivity contribution >= 4 is 45.4 Å². The maximum atomic E-state index is 11.8. The average Bonchev–Trinajstić information content (AvgIpc) is 3.05. The monoisotopic (exact) mass is 386 g/mol. The molecular weight excluding hydrogens is 368 g/mol. The summed E-state index contributed by atoms with van der Waals surface area (Å²) in [6, 6.07) is 11.3. The van der Waals surface area contributed by atoms with Crippen LogP contribution in [0.3, 0.4) is 0 Å². The van der Waals surface area contributed by atoms with Gasteiger partial charge in [0.25, 0.3) is 0 Å². The molecule has 0 saturated heterocycles. The molecule has 2 aromatic heterocycles. The number of benzene rings is 1. The number of nitrogens with one attached hydrogen (secondary N) is 2. The first-order valence-electron chi connectivity index (χ1n) is 8.24. The van der Waals surface area contributed by atoms with E-state index in [4.69, 9.17) is 11.6 Å². The van der Waals surface area contributed by atoms with Gasteiger partial charge in [0, 0.05) is 23.1 Å². The Morgan fingerprint density at radius 3 is 2.54 bits per heavy atom. The number of aromatic nitrogens is 2. The fourth-order valence-corrected chi connectivity index (χ4v) is 3.20. The largest absolute Gasteiger partial charge is 0.330 e. The number of amides is 1. The smallest absolute Gasteiger partial charge is 0.224 e. The molecule has 0 aliphatic rings. The fourth-order valence-electron chi connectivity index (χ4n) is 2.34. The minimum absolute atomic E-state index is 0.0319. The predicted octanol–water partition coefficient (Wildman–Crippen LogP) is 5.59. The molecule has 3 aromatic rings. The van der Waals surface area contributed by atoms with Gasteiger partial charge in [-0.15, -0.1) is 11.3 Å². The van der Waals surface area contributed by atoms with Crippen LogP contribution in [0.4, 0.5) is 16.5 Å². The van der Waals surface area contributed by atoms with E-state index in [9.17, 15) is 4.79 Å². The second-order valence-corrected chi connectivity index (χ2v) is 7.50. The number of hydrogen-bond donors (Lipinski definition) is 2. The lowest BCUT2D eigenvalue weighted by molar-refractivity contribution is -0.116. The van der Waals surface area contributed by atoms with Crippen LogP contribution in [-0.4, -0.2) is 15.9 Å². The van der Waals surface area contributed by atoms with Gasteiger partial charge in [0.1, 0.15) is 5.15 Å². The van der Waals surface area contributed by atoms with Gasteiger partial charge in [0.2, 0.25) is 5.91 Å². The van der Waals surface area contributed by atoms with Crippen molar-refractivity contribution in [1.29, 1.82) is 0 Å². The maximum Gasteiger partial charge on any atom is 0.224 e. The van der Waals surface area contributed by atoms with E-state index < -0.39 is 0 Å². The molecule has 2 N–H and O–H groups in total. The molecule has 26 heavy (non-hydrogen) atoms. The van der Waals surface area contributed by atoms with E-state index in [-0.39, 0.29) is 5.91 Å². The molecule has 0 aliphatic heterocycles. The third-order valence-electron chi connectivity index (χ3n) is 3.54. The van der Waals surface area contributed by atoms with Crippen molar-refractivity contribution in [3.8, 4) is 11.3 Å². The van der Waals surface area contributed by atoms with Crippen LogP contribution < -0.4 is 10.6 Å². The lowest BCUT2D eigenvalue weighted by atomic mass is 10.1. The summed E-state index contributed by atoms with van der Waals surface area (Å²) < 4.78 is 0. The van der Waals surface area contributed by atoms with Gasteiger partial charge in [0.15, 0.2) is 5.13 Å². The van der Waals surface area contributed by atoms with E-state index in [0.29, 0.717) is 17.5 Å². The maximum absolute atomic E-state index is 11.8. The highest BCUT2D eigenvalue weighted by Gasteiger charge is 2.08. The van der Waals surface area contributed by atoms with Crippen LogP contribution in [0.1, 0.15) is 20.3 Å². The third-order valence-corrected chi connectivity index (χ3v) is 4.52. The van der Waals surface area contributed by atoms with Crippen molar-refractivity contribution in [2.45, 2.75) is 20.3 Å². The highest BCUT2D eigenvalue weighted by Crippen LogP contribution is 2.28. The molecule has 7 heteroatoms. The second-order valence-electron chi connectivity index (χ2n) is 6.26. The minimum atomic E-state index is 0.0319. The zero-order valence-corrected chi connectivity index (χ0v) is 16.1. The van der Waals surface area contributed by atoms with Gasteiger partial charge in [-0.1, -0.05) is 37.6 Å². The first-order chi connectivity index (χ1) is 12.5. The molecule has 134 valence electrons. The van der Waals surface area contributed by atoms with Crippen LogP contribution in [-0.2, 0) is 4.79 Å². The summed E-state index contributed by atoms with van der Waals surface area (Å²) in [6.07, 6.45) is 2.18. The number of anilines is 3. The summed E-state index contributed by atoms with van der Waals surface area (Å²) in [7, 11) is 0. The highest BCUT2D eigenvalue weighted by molar-refractivity contribution is 7.14. The lowest BCUT2D eigenvalue weighted by Gasteiger charge is -2.07. The Morgan fingerprint density at radius 2 is 1.88 bits per heavy atom. The fraction of sp³-hybridized carbons (Fsp3) is 0.211. The predicted molar refractivity (Wildman–Crippen MR) is 108 cm³/mol. The van der Waals surface area contributed by atoms with Crippen LogP contribution in [0, 0.1) is 5.92 Å². The quantitative estimate of drug-likeness (QED) is 0.542. The number of rotatable bonds is 6. The number of carbonyl (C=O) groups is 1. The summed E-state index contributed by atoms with van der Waals surface area (Å²) in [5.41, 5.74) is 3.49. The van der Waals surface area contributed by atoms with Crippen LogP contribution in [0.2, 0.25) is 5.15 Å². The van der Waals surface area contributed by atoms with Crippen molar-refractivity contribution in [2.75, 3.05) is 10.6 Å². The van der Waals surface area contributed by atoms with Crippen LogP contribution in [0.25, 0.3) is 11.3 Å². The van der Waals surface area contributed by atoms with Crippen LogP contribution in [0.5, 0.6) is 0 Å². The molecule has 1 aromatic carbocycles. The number of carbonyl (C=O) groups excluding carboxylic acids is 1. The molecule has 0 aliphatic carbocycles. The molecule has 0 fully saturated rings. The molecule has 5 nitrogen and oxygen atoms in total. The Kier molecular flexibility index (Phi) is 5.85. The Balaban J connectivity index is 1.65. The SMILES string of the molecule is CC(C)CC(=O)Nc1ccc(-c2csc(Nc3ccc(Cl)nc3)n2)cc1. The number of thiazole rings is 1. The van der Waals surface area contributed by atoms with Gasteiger partial charge in [-0.25, -0.2) is 9.97 Å². The molecule has 0 unspecified atom stereocenters. The molecule has 2 heterocycles. The van der Waals surface area contributed by atoms with E-state index >= 15 is 0 Å². The first kappa shape index (κ1) is 18.4. The van der Waals surface area contributed by atoms with Gasteiger partial charge in [-0.2, -0.15) is 0 Å². The molecule has 0 spiro atoms. The van der Waals surface area contributed by atoms with E-state index in [0.717, 1.165) is 27.8 Å². The van der Waals surface area contributed by atoms with E-state index in [1.54, 1.807) is 12.3 Å². The number of nitrogens with zero attached hydrogens (tertiary/aromatic N) is 2. The molecule has 1 amide bonds. The summed E-state index contributed by atoms with van der Waals surface area (Å²) in [5, 5.41) is 9.33. The van der Waals surface area contributed by atoms with Gasteiger partial charge in [-0.3, -0.25) is 4.79 Å². The average molecular weight is 387 g/mol. The van der Waals surface area contributed by atoms with Crippen molar-refractivity contribution in [1.82, 2.24) is 9.97 Å². The standard InChI is InChI=1S/C19H19ClN4OS/c1-12(2)9-18(25)22-14-5-3-13(4-6-14)16-11-26-19(24-16)23-15-7-8-17(20)21-10-15/h3-8,10-12H,9H2,1-2H3,(H,22,25)(H,23,24). The summed E-state index contributed by atoms with van der Waals surface area (Å²) in [5.74, 6) is 0.371. The Bertz CT molecular complexity index is 875. The van der Waals surface area contributed by atoms with Crippen molar-refractivity contribution in [2.24, 2.45) is 5.92 Å². The van der Waals surface area contributed by atoms with E-state index in [1.165, 1.54) is 11.3 Å². The van der Waals surface area contributed by atoms with Gasteiger partial charge in [-0.05, 0) is 30.2 Å². The summed E-state index contributed by atoms with van der Waals surface area (Å²) in [4.78, 5) is 20.5. The van der Waals surface area contributed by atoms with Crippen molar-refractivity contribution in [3.05, 3.63) is 53.1 Å². The van der Waals surface area contributed by atoms with Crippen LogP contribution >= 0.6 is 22.9 Å². The summed E-state index contributed by atoms with van der Waals surface area (Å²) >= 11 is 7.30. The number of pyridine rings is 1. The molecule has 3 rings (SSSR count). The highest BCUT2D eigenvalue weighted by atomic mass is 35.5. The normalized spacial score (nSPS) is 10.8. The van der Waals surface area contributed by atoms with Gasteiger partial charge in [0.05, 0.1) is 17.6 Å². The molecule has 0 radical (unpaired) electrons. The molecular formula is C19H19ClN4OS. The molecule has 0 saturated carbocycles. The minimum Gasteiger partial charge on any atom is -0.330 e. The van der Waals surface area contributed by atoms with Crippen molar-refractivity contribution < 1.29 is 4.79 Å². The Hall–Kier alpha value is -2.44. The zero-order chi connectivity index (χ0) is 18.5. The number of hydrogen-bond acceptors (Lipinski definition) is 5. The summed E-state index contributed by atoms with van der Waals surface area (Å²) in [6.45, 7) is 4.05. The van der Waals surface area contributed by atoms with Crippen LogP contribution in [0.15, 0.2) is 48.0 Å². The molecule has 0 atom stereocenters. The Morgan fingerprint density at radius 1 is 1.15 bits per heavy atom. The Labute approximate surface area is 161 Å². The van der Waals surface area contributed by atoms with Gasteiger partial charge >= 0.3 is 0 Å². The van der Waals surface area contributed by atoms with E-state index in [2.05, 4.69) is 20.6 Å². The zero-order valence-electron chi connectivity index (χ0n) is 14.5. The van der Waals surface area contributed by atoms with Crippen molar-refractivity contribution in [3.63, 3.8) is 0 Å².